The number of hydrogen-bond donors (Lipinski definition) is 4. The molecule has 0 aromatic heterocycles. The predicted molar refractivity (Wildman–Crippen MR) is 286 cm³/mol. The van der Waals surface area contributed by atoms with E-state index in [9.17, 15) is 20.4 Å². The van der Waals surface area contributed by atoms with E-state index in [1.165, 1.54) is 0 Å². The van der Waals surface area contributed by atoms with Crippen LogP contribution in [0.3, 0.4) is 0 Å². The summed E-state index contributed by atoms with van der Waals surface area (Å²) in [6, 6.07) is 84.3. The second-order valence-electron chi connectivity index (χ2n) is 17.2. The Morgan fingerprint density at radius 3 is 0.657 bits per heavy atom. The average molecular weight is 907 g/mol. The number of anilines is 6. The highest BCUT2D eigenvalue weighted by atomic mass is 16.3. The van der Waals surface area contributed by atoms with Crippen molar-refractivity contribution in [2.45, 2.75) is 0 Å². The summed E-state index contributed by atoms with van der Waals surface area (Å²) < 4.78 is 0. The molecular weight excluding hydrogens is 861 g/mol. The number of benzene rings is 10. The highest BCUT2D eigenvalue weighted by molar-refractivity contribution is 6.08. The minimum Gasteiger partial charge on any atom is -0.507 e. The van der Waals surface area contributed by atoms with E-state index in [1.54, 1.807) is 24.3 Å². The van der Waals surface area contributed by atoms with Gasteiger partial charge in [-0.25, -0.2) is 0 Å². The third-order valence-electron chi connectivity index (χ3n) is 12.9. The van der Waals surface area contributed by atoms with E-state index >= 15 is 0 Å². The molecule has 4 N–H and O–H groups in total. The van der Waals surface area contributed by atoms with Gasteiger partial charge in [-0.1, -0.05) is 170 Å². The maximum atomic E-state index is 11.7. The number of rotatable bonds is 12. The molecule has 0 saturated heterocycles. The first-order chi connectivity index (χ1) is 34.4. The molecule has 0 atom stereocenters. The van der Waals surface area contributed by atoms with Crippen LogP contribution in [0.5, 0.6) is 11.5 Å². The third kappa shape index (κ3) is 8.31. The molecule has 0 unspecified atom stereocenters. The molecule has 0 radical (unpaired) electrons. The van der Waals surface area contributed by atoms with Crippen molar-refractivity contribution in [1.82, 2.24) is 0 Å². The molecule has 6 heteroatoms. The van der Waals surface area contributed by atoms with E-state index in [2.05, 4.69) is 155 Å². The Balaban J connectivity index is 0.902. The Morgan fingerprint density at radius 1 is 0.214 bits per heavy atom. The molecule has 11 rings (SSSR count). The summed E-state index contributed by atoms with van der Waals surface area (Å²) in [5.41, 5.74) is 14.3. The van der Waals surface area contributed by atoms with Gasteiger partial charge in [-0.15, -0.1) is 0 Å². The van der Waals surface area contributed by atoms with Gasteiger partial charge in [-0.05, 0) is 117 Å². The molecule has 336 valence electrons. The molecule has 10 aromatic carbocycles. The quantitative estimate of drug-likeness (QED) is 0.0977. The van der Waals surface area contributed by atoms with Gasteiger partial charge >= 0.3 is 0 Å². The highest BCUT2D eigenvalue weighted by Gasteiger charge is 2.35. The number of aromatic hydroxyl groups is 2. The Labute approximate surface area is 407 Å². The molecule has 1 aliphatic rings. The number of allylic oxidation sites excluding steroid dienone is 2. The predicted octanol–water partition coefficient (Wildman–Crippen LogP) is 17.0. The summed E-state index contributed by atoms with van der Waals surface area (Å²) in [7, 11) is 0. The van der Waals surface area contributed by atoms with Crippen molar-refractivity contribution in [3.05, 3.63) is 277 Å². The lowest BCUT2D eigenvalue weighted by molar-refractivity contribution is 0.386. The highest BCUT2D eigenvalue weighted by Crippen LogP contribution is 2.51. The van der Waals surface area contributed by atoms with Gasteiger partial charge in [0.25, 0.3) is 0 Å². The van der Waals surface area contributed by atoms with Crippen LogP contribution >= 0.6 is 0 Å². The van der Waals surface area contributed by atoms with Crippen molar-refractivity contribution < 1.29 is 20.4 Å². The topological polar surface area (TPSA) is 87.4 Å². The van der Waals surface area contributed by atoms with Crippen LogP contribution in [0.25, 0.3) is 55.7 Å². The van der Waals surface area contributed by atoms with Crippen molar-refractivity contribution in [3.8, 4) is 56.0 Å². The van der Waals surface area contributed by atoms with E-state index in [1.807, 2.05) is 84.9 Å². The second kappa shape index (κ2) is 18.6. The maximum Gasteiger partial charge on any atom is 0.139 e. The first kappa shape index (κ1) is 43.1. The Morgan fingerprint density at radius 2 is 0.429 bits per heavy atom. The fourth-order valence-electron chi connectivity index (χ4n) is 9.29. The number of hydrogen-bond acceptors (Lipinski definition) is 6. The van der Waals surface area contributed by atoms with E-state index in [4.69, 9.17) is 0 Å². The molecule has 6 nitrogen and oxygen atoms in total. The summed E-state index contributed by atoms with van der Waals surface area (Å²) in [5.74, 6) is -0.747. The summed E-state index contributed by atoms with van der Waals surface area (Å²) >= 11 is 0. The SMILES string of the molecule is OC1=C(c2ccc(N(c3ccc(-c4ccccc4)cc3)c3ccc(-c4ccccc4)cc3)cc2O)C(O)=C1c1ccc(N(c2ccc(-c3ccccc3)cc2)c2ccc(-c3ccccc3)cc2)cc1O. The molecule has 1 aliphatic carbocycles. The molecule has 0 spiro atoms. The van der Waals surface area contributed by atoms with Gasteiger partial charge < -0.3 is 30.2 Å². The normalized spacial score (nSPS) is 12.1. The first-order valence-electron chi connectivity index (χ1n) is 23.1. The zero-order valence-electron chi connectivity index (χ0n) is 37.9. The van der Waals surface area contributed by atoms with E-state index in [-0.39, 0.29) is 45.3 Å². The molecule has 0 heterocycles. The largest absolute Gasteiger partial charge is 0.507 e. The second-order valence-corrected chi connectivity index (χ2v) is 17.2. The van der Waals surface area contributed by atoms with Gasteiger partial charge in [-0.2, -0.15) is 0 Å². The van der Waals surface area contributed by atoms with Gasteiger partial charge in [0.2, 0.25) is 0 Å². The molecule has 0 fully saturated rings. The van der Waals surface area contributed by atoms with Crippen LogP contribution in [0, 0.1) is 0 Å². The van der Waals surface area contributed by atoms with Crippen molar-refractivity contribution in [2.75, 3.05) is 9.80 Å². The molecule has 0 bridgehead atoms. The van der Waals surface area contributed by atoms with E-state index in [0.29, 0.717) is 11.4 Å². The van der Waals surface area contributed by atoms with Gasteiger partial charge in [0.1, 0.15) is 23.0 Å². The summed E-state index contributed by atoms with van der Waals surface area (Å²) in [5, 5.41) is 46.8. The van der Waals surface area contributed by atoms with Crippen molar-refractivity contribution in [3.63, 3.8) is 0 Å². The van der Waals surface area contributed by atoms with Crippen LogP contribution in [0.4, 0.5) is 34.1 Å². The lowest BCUT2D eigenvalue weighted by Gasteiger charge is -2.29. The molecule has 10 aromatic rings. The summed E-state index contributed by atoms with van der Waals surface area (Å²) in [4.78, 5) is 4.11. The molecule has 0 saturated carbocycles. The molecule has 70 heavy (non-hydrogen) atoms. The Bertz CT molecular complexity index is 3100. The van der Waals surface area contributed by atoms with Gasteiger partial charge in [0.05, 0.1) is 11.1 Å². The number of aliphatic hydroxyl groups excluding tert-OH is 2. The zero-order valence-corrected chi connectivity index (χ0v) is 37.9. The molecule has 0 aliphatic heterocycles. The maximum absolute atomic E-state index is 11.7. The van der Waals surface area contributed by atoms with Crippen LogP contribution in [0.1, 0.15) is 11.1 Å². The van der Waals surface area contributed by atoms with Crippen LogP contribution in [-0.2, 0) is 0 Å². The number of aliphatic hydroxyl groups is 2. The number of phenols is 2. The average Bonchev–Trinajstić information content (AvgIpc) is 3.42. The van der Waals surface area contributed by atoms with Crippen LogP contribution < -0.4 is 9.80 Å². The summed E-state index contributed by atoms with van der Waals surface area (Å²) in [6.45, 7) is 0. The van der Waals surface area contributed by atoms with Crippen molar-refractivity contribution in [1.29, 1.82) is 0 Å². The minimum atomic E-state index is -0.238. The minimum absolute atomic E-state index is 0.0899. The lowest BCUT2D eigenvalue weighted by atomic mass is 9.83. The van der Waals surface area contributed by atoms with Crippen LogP contribution in [-0.4, -0.2) is 20.4 Å². The third-order valence-corrected chi connectivity index (χ3v) is 12.9. The standard InChI is InChI=1S/C64H46N2O4/c67-59-41-55(65(51-29-21-47(22-30-51)43-13-5-1-6-14-43)52-31-23-48(24-32-52)44-15-7-2-8-16-44)37-39-57(59)61-63(69)62(64(61)70)58-40-38-56(42-60(58)68)66(53-33-25-49(26-34-53)45-17-9-3-10-18-45)54-35-27-50(28-36-54)46-19-11-4-12-20-46/h1-42,67-70H. The van der Waals surface area contributed by atoms with Crippen LogP contribution in [0.15, 0.2) is 266 Å². The van der Waals surface area contributed by atoms with Crippen molar-refractivity contribution in [2.24, 2.45) is 0 Å². The summed E-state index contributed by atoms with van der Waals surface area (Å²) in [6.07, 6.45) is 0. The number of phenolic OH excluding ortho intramolecular Hbond substituents is 2. The molecular formula is C64H46N2O4. The first-order valence-corrected chi connectivity index (χ1v) is 23.1. The molecule has 0 amide bonds. The van der Waals surface area contributed by atoms with E-state index < -0.39 is 0 Å². The van der Waals surface area contributed by atoms with Gasteiger partial charge in [0.15, 0.2) is 0 Å². The fourth-order valence-corrected chi connectivity index (χ4v) is 9.29. The van der Waals surface area contributed by atoms with Gasteiger partial charge in [0, 0.05) is 57.4 Å². The lowest BCUT2D eigenvalue weighted by Crippen LogP contribution is -2.13. The Hall–Kier alpha value is -9.52. The smallest absolute Gasteiger partial charge is 0.139 e. The van der Waals surface area contributed by atoms with Crippen LogP contribution in [0.2, 0.25) is 0 Å². The fraction of sp³-hybridized carbons (Fsp3) is 0. The Kier molecular flexibility index (Phi) is 11.5. The van der Waals surface area contributed by atoms with E-state index in [0.717, 1.165) is 67.3 Å². The zero-order chi connectivity index (χ0) is 47.6. The van der Waals surface area contributed by atoms with Crippen molar-refractivity contribution >= 4 is 45.3 Å². The monoisotopic (exact) mass is 906 g/mol. The van der Waals surface area contributed by atoms with Gasteiger partial charge in [-0.3, -0.25) is 0 Å². The number of nitrogens with zero attached hydrogens (tertiary/aromatic N) is 2.